The van der Waals surface area contributed by atoms with Crippen molar-refractivity contribution in [3.63, 3.8) is 0 Å². The van der Waals surface area contributed by atoms with Gasteiger partial charge in [-0.05, 0) is 67.9 Å². The smallest absolute Gasteiger partial charge is 0.330 e. The molecule has 0 saturated heterocycles. The van der Waals surface area contributed by atoms with E-state index in [9.17, 15) is 18.8 Å². The van der Waals surface area contributed by atoms with E-state index in [-0.39, 0.29) is 24.1 Å². The first-order valence-corrected chi connectivity index (χ1v) is 12.2. The van der Waals surface area contributed by atoms with Crippen molar-refractivity contribution >= 4 is 17.7 Å². The predicted octanol–water partition coefficient (Wildman–Crippen LogP) is 4.24. The van der Waals surface area contributed by atoms with Gasteiger partial charge in [0.1, 0.15) is 24.2 Å². The third kappa shape index (κ3) is 8.02. The van der Waals surface area contributed by atoms with Gasteiger partial charge in [-0.2, -0.15) is 0 Å². The van der Waals surface area contributed by atoms with Gasteiger partial charge in [-0.15, -0.1) is 0 Å². The molecule has 0 heterocycles. The van der Waals surface area contributed by atoms with Crippen LogP contribution in [0.4, 0.5) is 4.39 Å². The van der Waals surface area contributed by atoms with E-state index in [1.54, 1.807) is 14.2 Å². The lowest BCUT2D eigenvalue weighted by Crippen LogP contribution is -2.44. The average Bonchev–Trinajstić information content (AvgIpc) is 2.89. The highest BCUT2D eigenvalue weighted by Gasteiger charge is 2.27. The van der Waals surface area contributed by atoms with Crippen molar-refractivity contribution < 1.29 is 28.2 Å². The molecule has 1 saturated carbocycles. The first-order chi connectivity index (χ1) is 17.4. The number of nitrogens with one attached hydrogen (secondary N) is 1. The van der Waals surface area contributed by atoms with Crippen LogP contribution in [0.15, 0.2) is 60.7 Å². The predicted molar refractivity (Wildman–Crippen MR) is 134 cm³/mol. The van der Waals surface area contributed by atoms with Gasteiger partial charge in [0, 0.05) is 24.2 Å². The highest BCUT2D eigenvalue weighted by molar-refractivity contribution is 6.06. The number of amides is 1. The third-order valence-corrected chi connectivity index (χ3v) is 6.26. The van der Waals surface area contributed by atoms with Gasteiger partial charge in [0.15, 0.2) is 5.78 Å². The molecule has 1 N–H and O–H groups in total. The normalized spacial score (nSPS) is 15.0. The summed E-state index contributed by atoms with van der Waals surface area (Å²) in [5.74, 6) is -0.941. The van der Waals surface area contributed by atoms with Crippen LogP contribution in [-0.4, -0.2) is 55.9 Å². The first kappa shape index (κ1) is 27.1. The zero-order valence-electron chi connectivity index (χ0n) is 20.7. The number of ether oxygens (including phenoxy) is 2. The van der Waals surface area contributed by atoms with Crippen LogP contribution in [0.5, 0.6) is 5.75 Å². The van der Waals surface area contributed by atoms with E-state index in [1.807, 2.05) is 29.2 Å². The van der Waals surface area contributed by atoms with E-state index in [4.69, 9.17) is 9.47 Å². The summed E-state index contributed by atoms with van der Waals surface area (Å²) >= 11 is 0. The Morgan fingerprint density at radius 2 is 1.69 bits per heavy atom. The van der Waals surface area contributed by atoms with Crippen LogP contribution in [0.2, 0.25) is 0 Å². The molecule has 1 aliphatic carbocycles. The maximum Gasteiger partial charge on any atom is 0.330 e. The number of carbonyl (C=O) groups is 3. The Kier molecular flexibility index (Phi) is 10.2. The van der Waals surface area contributed by atoms with Crippen molar-refractivity contribution in [1.82, 2.24) is 10.2 Å². The quantitative estimate of drug-likeness (QED) is 0.285. The van der Waals surface area contributed by atoms with Gasteiger partial charge >= 0.3 is 5.97 Å². The number of carbonyl (C=O) groups excluding carboxylic acids is 3. The number of rotatable bonds is 11. The minimum atomic E-state index is -0.675. The van der Waals surface area contributed by atoms with Gasteiger partial charge in [0.05, 0.1) is 7.11 Å². The van der Waals surface area contributed by atoms with Gasteiger partial charge in [-0.25, -0.2) is 9.18 Å². The Morgan fingerprint density at radius 1 is 1.03 bits per heavy atom. The lowest BCUT2D eigenvalue weighted by Gasteiger charge is -2.30. The maximum atomic E-state index is 13.3. The zero-order chi connectivity index (χ0) is 25.9. The third-order valence-electron chi connectivity index (χ3n) is 6.26. The monoisotopic (exact) mass is 496 g/mol. The number of benzene rings is 2. The summed E-state index contributed by atoms with van der Waals surface area (Å²) < 4.78 is 23.5. The number of allylic oxidation sites excluding steroid dienone is 1. The van der Waals surface area contributed by atoms with Crippen LogP contribution in [0, 0.1) is 5.82 Å². The van der Waals surface area contributed by atoms with E-state index >= 15 is 0 Å². The van der Waals surface area contributed by atoms with Gasteiger partial charge < -0.3 is 14.8 Å². The molecule has 0 aromatic heterocycles. The van der Waals surface area contributed by atoms with Gasteiger partial charge in [-0.3, -0.25) is 14.5 Å². The van der Waals surface area contributed by atoms with E-state index in [2.05, 4.69) is 5.32 Å². The second-order valence-electron chi connectivity index (χ2n) is 8.87. The molecule has 7 nitrogen and oxygen atoms in total. The number of esters is 1. The van der Waals surface area contributed by atoms with Crippen LogP contribution < -0.4 is 10.1 Å². The highest BCUT2D eigenvalue weighted by atomic mass is 19.1. The van der Waals surface area contributed by atoms with Crippen molar-refractivity contribution in [2.75, 3.05) is 27.3 Å². The molecular formula is C28H33FN2O5. The van der Waals surface area contributed by atoms with Crippen LogP contribution in [-0.2, 0) is 14.3 Å². The van der Waals surface area contributed by atoms with Crippen molar-refractivity contribution in [3.05, 3.63) is 77.6 Å². The van der Waals surface area contributed by atoms with E-state index < -0.39 is 23.6 Å². The number of halogens is 1. The molecule has 0 aliphatic heterocycles. The Morgan fingerprint density at radius 3 is 2.33 bits per heavy atom. The number of ketones is 1. The molecule has 2 aromatic carbocycles. The molecule has 1 aliphatic rings. The molecular weight excluding hydrogens is 463 g/mol. The lowest BCUT2D eigenvalue weighted by atomic mass is 9.94. The fourth-order valence-corrected chi connectivity index (χ4v) is 4.24. The van der Waals surface area contributed by atoms with Gasteiger partial charge in [-0.1, -0.05) is 31.4 Å². The zero-order valence-corrected chi connectivity index (χ0v) is 20.7. The molecule has 2 aromatic rings. The molecule has 0 radical (unpaired) electrons. The Balaban J connectivity index is 1.57. The van der Waals surface area contributed by atoms with Crippen LogP contribution in [0.3, 0.4) is 0 Å². The molecule has 8 heteroatoms. The maximum absolute atomic E-state index is 13.3. The van der Waals surface area contributed by atoms with Crippen molar-refractivity contribution in [2.45, 2.75) is 44.2 Å². The van der Waals surface area contributed by atoms with Crippen LogP contribution in [0.25, 0.3) is 0 Å². The number of hydrogen-bond acceptors (Lipinski definition) is 6. The largest absolute Gasteiger partial charge is 0.497 e. The van der Waals surface area contributed by atoms with E-state index in [0.717, 1.165) is 43.4 Å². The summed E-state index contributed by atoms with van der Waals surface area (Å²) in [5.41, 5.74) is 1.08. The summed E-state index contributed by atoms with van der Waals surface area (Å²) in [7, 11) is 3.39. The fourth-order valence-electron chi connectivity index (χ4n) is 4.24. The molecule has 3 rings (SSSR count). The molecule has 1 unspecified atom stereocenters. The van der Waals surface area contributed by atoms with Crippen LogP contribution >= 0.6 is 0 Å². The minimum Gasteiger partial charge on any atom is -0.497 e. The lowest BCUT2D eigenvalue weighted by molar-refractivity contribution is -0.138. The summed E-state index contributed by atoms with van der Waals surface area (Å²) in [6.45, 7) is 0.341. The molecule has 1 atom stereocenters. The van der Waals surface area contributed by atoms with Crippen molar-refractivity contribution in [1.29, 1.82) is 0 Å². The number of hydrogen-bond donors (Lipinski definition) is 1. The van der Waals surface area contributed by atoms with Gasteiger partial charge in [0.2, 0.25) is 5.91 Å². The van der Waals surface area contributed by atoms with E-state index in [1.165, 1.54) is 30.7 Å². The first-order valence-electron chi connectivity index (χ1n) is 12.2. The molecule has 1 amide bonds. The van der Waals surface area contributed by atoms with Crippen LogP contribution in [0.1, 0.15) is 54.1 Å². The minimum absolute atomic E-state index is 0.0355. The molecule has 0 spiro atoms. The topological polar surface area (TPSA) is 84.9 Å². The summed E-state index contributed by atoms with van der Waals surface area (Å²) in [5, 5.41) is 3.19. The highest BCUT2D eigenvalue weighted by Crippen LogP contribution is 2.24. The number of nitrogens with zero attached hydrogens (tertiary/aromatic N) is 1. The molecule has 36 heavy (non-hydrogen) atoms. The molecule has 192 valence electrons. The summed E-state index contributed by atoms with van der Waals surface area (Å²) in [6, 6.07) is 12.0. The number of methoxy groups -OCH3 is 1. The second-order valence-corrected chi connectivity index (χ2v) is 8.87. The van der Waals surface area contributed by atoms with Crippen molar-refractivity contribution in [3.8, 4) is 5.75 Å². The second kappa shape index (κ2) is 13.5. The molecule has 1 fully saturated rings. The van der Waals surface area contributed by atoms with Gasteiger partial charge in [0.25, 0.3) is 0 Å². The van der Waals surface area contributed by atoms with Crippen molar-refractivity contribution in [2.24, 2.45) is 0 Å². The Hall–Kier alpha value is -3.52. The summed E-state index contributed by atoms with van der Waals surface area (Å²) in [6.07, 6.45) is 7.52. The molecule has 0 bridgehead atoms. The standard InChI is InChI=1S/C28H33FN2O5/c1-31(18-19-36-26(33)17-16-25(32)20-8-12-22(29)13-9-20)27(21-10-14-24(35-2)15-11-21)28(34)30-23-6-4-3-5-7-23/h8-17,23,27H,3-7,18-19H2,1-2H3,(H,30,34)/b17-16+. The Labute approximate surface area is 211 Å². The average molecular weight is 497 g/mol. The summed E-state index contributed by atoms with van der Waals surface area (Å²) in [4.78, 5) is 39.3. The fraction of sp³-hybridized carbons (Fsp3) is 0.393. The SMILES string of the molecule is COc1ccc(C(C(=O)NC2CCCCC2)N(C)CCOC(=O)/C=C/C(=O)c2ccc(F)cc2)cc1. The Bertz CT molecular complexity index is 1050. The number of likely N-dealkylation sites (N-methyl/N-ethyl adjacent to an activating group) is 1. The van der Waals surface area contributed by atoms with E-state index in [0.29, 0.717) is 12.3 Å².